The fraction of sp³-hybridized carbons (Fsp3) is 0.0667. The van der Waals surface area contributed by atoms with E-state index in [1.807, 2.05) is 42.5 Å². The van der Waals surface area contributed by atoms with Crippen molar-refractivity contribution in [2.24, 2.45) is 0 Å². The highest BCUT2D eigenvalue weighted by Crippen LogP contribution is 2.29. The molecule has 0 atom stereocenters. The molecule has 2 aromatic carbocycles. The lowest BCUT2D eigenvalue weighted by Crippen LogP contribution is -1.82. The summed E-state index contributed by atoms with van der Waals surface area (Å²) in [5.41, 5.74) is 2.11. The number of nitrogens with zero attached hydrogens (tertiary/aromatic N) is 2. The van der Waals surface area contributed by atoms with E-state index in [0.29, 0.717) is 11.1 Å². The molecule has 0 saturated heterocycles. The van der Waals surface area contributed by atoms with Crippen LogP contribution in [0.2, 0.25) is 0 Å². The van der Waals surface area contributed by atoms with Crippen molar-refractivity contribution in [1.82, 2.24) is 10.2 Å². The van der Waals surface area contributed by atoms with Gasteiger partial charge in [0.2, 0.25) is 5.89 Å². The first kappa shape index (κ1) is 14.8. The summed E-state index contributed by atoms with van der Waals surface area (Å²) in [6, 6.07) is 15.9. The van der Waals surface area contributed by atoms with E-state index in [-0.39, 0.29) is 0 Å². The Hall–Kier alpha value is -1.11. The number of benzene rings is 2. The molecule has 3 nitrogen and oxygen atoms in total. The monoisotopic (exact) mass is 424 g/mol. The molecule has 0 N–H and O–H groups in total. The van der Waals surface area contributed by atoms with Gasteiger partial charge in [0.15, 0.2) is 0 Å². The summed E-state index contributed by atoms with van der Waals surface area (Å²) in [7, 11) is 0. The highest BCUT2D eigenvalue weighted by atomic mass is 79.9. The minimum absolute atomic E-state index is 0.533. The minimum Gasteiger partial charge on any atom is -0.411 e. The smallest absolute Gasteiger partial charge is 0.277 e. The van der Waals surface area contributed by atoms with Crippen molar-refractivity contribution in [3.8, 4) is 11.5 Å². The molecule has 0 aliphatic carbocycles. The molecule has 0 saturated carbocycles. The largest absolute Gasteiger partial charge is 0.411 e. The van der Waals surface area contributed by atoms with Gasteiger partial charge in [-0.2, -0.15) is 0 Å². The molecule has 6 heteroatoms. The van der Waals surface area contributed by atoms with Gasteiger partial charge < -0.3 is 4.42 Å². The Labute approximate surface area is 143 Å². The van der Waals surface area contributed by atoms with Crippen LogP contribution in [-0.2, 0) is 5.75 Å². The van der Waals surface area contributed by atoms with E-state index in [9.17, 15) is 0 Å². The van der Waals surface area contributed by atoms with E-state index in [2.05, 4.69) is 48.1 Å². The Kier molecular flexibility index (Phi) is 4.77. The maximum atomic E-state index is 5.69. The Bertz CT molecular complexity index is 761. The summed E-state index contributed by atoms with van der Waals surface area (Å²) in [5, 5.41) is 8.74. The summed E-state index contributed by atoms with van der Waals surface area (Å²) in [6.07, 6.45) is 0. The van der Waals surface area contributed by atoms with E-state index in [1.54, 1.807) is 0 Å². The van der Waals surface area contributed by atoms with Gasteiger partial charge in [0.1, 0.15) is 0 Å². The van der Waals surface area contributed by atoms with Gasteiger partial charge in [-0.15, -0.1) is 10.2 Å². The summed E-state index contributed by atoms with van der Waals surface area (Å²) < 4.78 is 7.76. The fourth-order valence-corrected chi connectivity index (χ4v) is 3.54. The third-order valence-corrected chi connectivity index (χ3v) is 4.92. The summed E-state index contributed by atoms with van der Waals surface area (Å²) >= 11 is 8.50. The van der Waals surface area contributed by atoms with Crippen molar-refractivity contribution in [3.05, 3.63) is 63.0 Å². The van der Waals surface area contributed by atoms with Crippen molar-refractivity contribution in [2.45, 2.75) is 11.0 Å². The highest BCUT2D eigenvalue weighted by molar-refractivity contribution is 9.10. The molecule has 0 spiro atoms. The average Bonchev–Trinajstić information content (AvgIpc) is 2.95. The molecule has 0 radical (unpaired) electrons. The van der Waals surface area contributed by atoms with Crippen molar-refractivity contribution in [1.29, 1.82) is 0 Å². The zero-order chi connectivity index (χ0) is 14.7. The van der Waals surface area contributed by atoms with Crippen molar-refractivity contribution >= 4 is 43.6 Å². The highest BCUT2D eigenvalue weighted by Gasteiger charge is 2.10. The molecule has 0 amide bonds. The second-order valence-corrected chi connectivity index (χ2v) is 6.96. The summed E-state index contributed by atoms with van der Waals surface area (Å²) in [5.74, 6) is 1.31. The lowest BCUT2D eigenvalue weighted by Gasteiger charge is -2.00. The second-order valence-electron chi connectivity index (χ2n) is 4.26. The normalized spacial score (nSPS) is 10.8. The molecule has 0 bridgehead atoms. The molecule has 3 aromatic rings. The molecule has 0 aliphatic rings. The number of hydrogen-bond donors (Lipinski definition) is 0. The van der Waals surface area contributed by atoms with Crippen LogP contribution in [-0.4, -0.2) is 10.2 Å². The van der Waals surface area contributed by atoms with Crippen LogP contribution in [0, 0.1) is 0 Å². The maximum Gasteiger partial charge on any atom is 0.277 e. The minimum atomic E-state index is 0.533. The number of rotatable bonds is 4. The molecule has 1 aromatic heterocycles. The Balaban J connectivity index is 1.72. The van der Waals surface area contributed by atoms with Crippen LogP contribution in [0.1, 0.15) is 5.56 Å². The first-order valence-corrected chi connectivity index (χ1v) is 8.75. The van der Waals surface area contributed by atoms with Crippen LogP contribution in [0.5, 0.6) is 0 Å². The van der Waals surface area contributed by atoms with Gasteiger partial charge >= 0.3 is 0 Å². The predicted molar refractivity (Wildman–Crippen MR) is 91.1 cm³/mol. The number of aromatic nitrogens is 2. The van der Waals surface area contributed by atoms with Gasteiger partial charge in [-0.05, 0) is 29.8 Å². The third kappa shape index (κ3) is 3.75. The number of thioether (sulfide) groups is 1. The Morgan fingerprint density at radius 2 is 1.86 bits per heavy atom. The van der Waals surface area contributed by atoms with E-state index in [0.717, 1.165) is 20.3 Å². The molecule has 0 aliphatic heterocycles. The number of hydrogen-bond acceptors (Lipinski definition) is 4. The SMILES string of the molecule is Brc1cccc(-c2nnc(SCc3ccccc3Br)o2)c1. The summed E-state index contributed by atoms with van der Waals surface area (Å²) in [6.45, 7) is 0. The van der Waals surface area contributed by atoms with Crippen LogP contribution in [0.4, 0.5) is 0 Å². The van der Waals surface area contributed by atoms with Crippen molar-refractivity contribution < 1.29 is 4.42 Å². The van der Waals surface area contributed by atoms with Crippen molar-refractivity contribution in [3.63, 3.8) is 0 Å². The Morgan fingerprint density at radius 1 is 1.00 bits per heavy atom. The Morgan fingerprint density at radius 3 is 2.67 bits per heavy atom. The van der Waals surface area contributed by atoms with Crippen molar-refractivity contribution in [2.75, 3.05) is 0 Å². The quantitative estimate of drug-likeness (QED) is 0.513. The van der Waals surface area contributed by atoms with Crippen LogP contribution < -0.4 is 0 Å². The lowest BCUT2D eigenvalue weighted by molar-refractivity contribution is 0.466. The van der Waals surface area contributed by atoms with Crippen LogP contribution in [0.25, 0.3) is 11.5 Å². The molecular weight excluding hydrogens is 416 g/mol. The molecule has 21 heavy (non-hydrogen) atoms. The zero-order valence-electron chi connectivity index (χ0n) is 10.8. The number of halogens is 2. The lowest BCUT2D eigenvalue weighted by atomic mass is 10.2. The zero-order valence-corrected chi connectivity index (χ0v) is 14.8. The first-order valence-electron chi connectivity index (χ1n) is 6.18. The van der Waals surface area contributed by atoms with E-state index >= 15 is 0 Å². The molecule has 1 heterocycles. The topological polar surface area (TPSA) is 38.9 Å². The third-order valence-electron chi connectivity index (χ3n) is 2.79. The van der Waals surface area contributed by atoms with Gasteiger partial charge in [-0.1, -0.05) is 67.9 Å². The second kappa shape index (κ2) is 6.77. The molecule has 0 fully saturated rings. The molecule has 106 valence electrons. The standard InChI is InChI=1S/C15H10Br2N2OS/c16-12-6-3-5-10(8-12)14-18-19-15(20-14)21-9-11-4-1-2-7-13(11)17/h1-8H,9H2. The first-order chi connectivity index (χ1) is 10.2. The van der Waals surface area contributed by atoms with Gasteiger partial charge in [0.25, 0.3) is 5.22 Å². The summed E-state index contributed by atoms with van der Waals surface area (Å²) in [4.78, 5) is 0. The van der Waals surface area contributed by atoms with Gasteiger partial charge in [-0.3, -0.25) is 0 Å². The van der Waals surface area contributed by atoms with E-state index in [1.165, 1.54) is 17.3 Å². The van der Waals surface area contributed by atoms with Gasteiger partial charge in [0, 0.05) is 20.3 Å². The van der Waals surface area contributed by atoms with E-state index < -0.39 is 0 Å². The van der Waals surface area contributed by atoms with Gasteiger partial charge in [-0.25, -0.2) is 0 Å². The fourth-order valence-electron chi connectivity index (χ4n) is 1.76. The molecule has 3 rings (SSSR count). The predicted octanol–water partition coefficient (Wildman–Crippen LogP) is 5.55. The maximum absolute atomic E-state index is 5.69. The van der Waals surface area contributed by atoms with Crippen LogP contribution in [0.3, 0.4) is 0 Å². The van der Waals surface area contributed by atoms with Gasteiger partial charge in [0.05, 0.1) is 0 Å². The van der Waals surface area contributed by atoms with Crippen LogP contribution in [0.15, 0.2) is 67.1 Å². The van der Waals surface area contributed by atoms with E-state index in [4.69, 9.17) is 4.42 Å². The average molecular weight is 426 g/mol. The molecule has 0 unspecified atom stereocenters. The van der Waals surface area contributed by atoms with Crippen LogP contribution >= 0.6 is 43.6 Å². The molecular formula is C15H10Br2N2OS.